The molecule has 1 heterocycles. The second-order valence-corrected chi connectivity index (χ2v) is 20.8. The van der Waals surface area contributed by atoms with Crippen LogP contribution in [0.4, 0.5) is 11.4 Å². The van der Waals surface area contributed by atoms with Crippen molar-refractivity contribution in [3.63, 3.8) is 0 Å². The first kappa shape index (κ1) is 40.8. The van der Waals surface area contributed by atoms with Gasteiger partial charge in [0.15, 0.2) is 0 Å². The molecule has 0 spiro atoms. The molecule has 3 aliphatic carbocycles. The van der Waals surface area contributed by atoms with Crippen LogP contribution in [0.5, 0.6) is 0 Å². The monoisotopic (exact) mass is 854 g/mol. The van der Waals surface area contributed by atoms with Crippen LogP contribution in [0, 0.1) is 41.5 Å². The third kappa shape index (κ3) is 8.33. The number of nitrogens with zero attached hydrogens (tertiary/aromatic N) is 2. The predicted molar refractivity (Wildman–Crippen MR) is 229 cm³/mol. The minimum atomic E-state index is -0.501. The fraction of sp³-hybridized carbons (Fsp3) is 0.511. The van der Waals surface area contributed by atoms with Gasteiger partial charge in [-0.05, 0) is 131 Å². The van der Waals surface area contributed by atoms with Crippen molar-refractivity contribution >= 4 is 48.6 Å². The van der Waals surface area contributed by atoms with E-state index in [1.807, 2.05) is 0 Å². The van der Waals surface area contributed by atoms with Gasteiger partial charge in [0.1, 0.15) is 5.82 Å². The number of hydrogen-bond acceptors (Lipinski definition) is 2. The van der Waals surface area contributed by atoms with Gasteiger partial charge < -0.3 is 9.80 Å². The zero-order valence-electron chi connectivity index (χ0n) is 32.9. The van der Waals surface area contributed by atoms with Crippen molar-refractivity contribution in [2.75, 3.05) is 22.9 Å². The van der Waals surface area contributed by atoms with Gasteiger partial charge in [-0.1, -0.05) is 112 Å². The van der Waals surface area contributed by atoms with E-state index in [2.05, 4.69) is 118 Å². The number of halogens is 2. The smallest absolute Gasteiger partial charge is 0.325 e. The fourth-order valence-corrected chi connectivity index (χ4v) is 16.6. The van der Waals surface area contributed by atoms with Gasteiger partial charge in [-0.3, -0.25) is 0 Å². The second kappa shape index (κ2) is 17.5. The molecule has 3 aromatic rings. The van der Waals surface area contributed by atoms with Crippen molar-refractivity contribution in [3.05, 3.63) is 116 Å². The Kier molecular flexibility index (Phi) is 13.5. The molecule has 1 aliphatic heterocycles. The number of aryl methyl sites for hydroxylation is 6. The van der Waals surface area contributed by atoms with E-state index in [-0.39, 0.29) is 24.9 Å². The molecule has 6 heteroatoms. The number of hydrogen-bond donors (Lipinski definition) is 0. The molecule has 2 atom stereocenters. The Balaban J connectivity index is 0.00000481. The Bertz CT molecular complexity index is 1740. The number of anilines is 2. The molecular formula is C47H59Cl2N2PRu+2. The zero-order chi connectivity index (χ0) is 36.6. The van der Waals surface area contributed by atoms with Crippen LogP contribution in [-0.2, 0) is 19.5 Å². The van der Waals surface area contributed by atoms with Crippen molar-refractivity contribution in [3.8, 4) is 0 Å². The van der Waals surface area contributed by atoms with Crippen LogP contribution in [0.15, 0.2) is 77.3 Å². The number of allylic oxidation sites excluding steroid dienone is 2. The van der Waals surface area contributed by atoms with Crippen molar-refractivity contribution < 1.29 is 19.5 Å². The normalized spacial score (nSPS) is 23.0. The van der Waals surface area contributed by atoms with Gasteiger partial charge in [0.25, 0.3) is 0 Å². The third-order valence-corrected chi connectivity index (χ3v) is 17.7. The Hall–Kier alpha value is -1.85. The summed E-state index contributed by atoms with van der Waals surface area (Å²) in [5, 5.41) is -0.335. The summed E-state index contributed by atoms with van der Waals surface area (Å²) in [6.45, 7) is 15.4. The second-order valence-electron chi connectivity index (χ2n) is 16.4. The van der Waals surface area contributed by atoms with Gasteiger partial charge in [-0.25, -0.2) is 0 Å². The fourth-order valence-electron chi connectivity index (χ4n) is 10.4. The van der Waals surface area contributed by atoms with Crippen LogP contribution in [0.1, 0.15) is 116 Å². The van der Waals surface area contributed by atoms with E-state index < -0.39 is 12.5 Å². The van der Waals surface area contributed by atoms with E-state index in [1.165, 1.54) is 120 Å². The minimum Gasteiger partial charge on any atom is -0.325 e. The zero-order valence-corrected chi connectivity index (χ0v) is 37.0. The molecule has 2 unspecified atom stereocenters. The van der Waals surface area contributed by atoms with Crippen LogP contribution >= 0.6 is 31.1 Å². The Morgan fingerprint density at radius 3 is 1.60 bits per heavy atom. The minimum absolute atomic E-state index is 0. The van der Waals surface area contributed by atoms with Gasteiger partial charge in [-0.2, -0.15) is 0 Å². The van der Waals surface area contributed by atoms with Crippen molar-refractivity contribution in [1.82, 2.24) is 0 Å². The quantitative estimate of drug-likeness (QED) is 0.105. The Labute approximate surface area is 345 Å². The summed E-state index contributed by atoms with van der Waals surface area (Å²) in [7, 11) is -0.501. The molecule has 3 aromatic carbocycles. The largest absolute Gasteiger partial charge is 2.00 e. The molecule has 0 bridgehead atoms. The first-order valence-corrected chi connectivity index (χ1v) is 22.4. The van der Waals surface area contributed by atoms with Gasteiger partial charge in [0.2, 0.25) is 0 Å². The first-order chi connectivity index (χ1) is 25.1. The summed E-state index contributed by atoms with van der Waals surface area (Å²) in [6.07, 6.45) is 17.4. The van der Waals surface area contributed by atoms with E-state index in [0.717, 1.165) is 37.1 Å². The van der Waals surface area contributed by atoms with Crippen LogP contribution < -0.4 is 9.80 Å². The molecule has 2 nitrogen and oxygen atoms in total. The molecule has 4 aliphatic rings. The molecule has 0 radical (unpaired) electrons. The van der Waals surface area contributed by atoms with Gasteiger partial charge >= 0.3 is 19.5 Å². The molecule has 282 valence electrons. The molecule has 7 rings (SSSR count). The maximum absolute atomic E-state index is 8.42. The van der Waals surface area contributed by atoms with Crippen LogP contribution in [0.25, 0.3) is 6.08 Å². The average Bonchev–Trinajstić information content (AvgIpc) is 3.52. The SMILES string of the molecule is Cc1cc(C)c(N2CCN(c3c(C)cc(C)cc3C)C2=C2CCC(Cl)(P(C3CCCCC3)C3CCCCC3)C(=C=Cc3ccccc3)C2Cl)c(C)c1.[Ru+2]. The summed E-state index contributed by atoms with van der Waals surface area (Å²) in [6, 6.07) is 20.0. The van der Waals surface area contributed by atoms with Crippen LogP contribution in [0.3, 0.4) is 0 Å². The molecule has 3 saturated carbocycles. The van der Waals surface area contributed by atoms with Crippen LogP contribution in [-0.4, -0.2) is 34.4 Å². The predicted octanol–water partition coefficient (Wildman–Crippen LogP) is 13.8. The molecule has 1 saturated heterocycles. The topological polar surface area (TPSA) is 6.48 Å². The summed E-state index contributed by atoms with van der Waals surface area (Å²) >= 11 is 16.5. The molecule has 4 fully saturated rings. The van der Waals surface area contributed by atoms with Gasteiger partial charge in [-0.15, -0.1) is 28.9 Å². The van der Waals surface area contributed by atoms with Crippen molar-refractivity contribution in [1.29, 1.82) is 0 Å². The van der Waals surface area contributed by atoms with Crippen molar-refractivity contribution in [2.45, 2.75) is 140 Å². The Morgan fingerprint density at radius 1 is 0.698 bits per heavy atom. The first-order valence-electron chi connectivity index (χ1n) is 20.1. The molecule has 0 aromatic heterocycles. The third-order valence-electron chi connectivity index (χ3n) is 12.4. The molecule has 0 amide bonds. The molecular weight excluding hydrogens is 795 g/mol. The maximum Gasteiger partial charge on any atom is 2.00 e. The summed E-state index contributed by atoms with van der Waals surface area (Å²) in [5.41, 5.74) is 19.5. The maximum atomic E-state index is 8.42. The molecule has 53 heavy (non-hydrogen) atoms. The standard InChI is InChI=1S/C47H59Cl2N2P.Ru/c1-32-28-34(3)44(35(4)29-32)50-26-27-51(45-36(5)30-33(2)31-37(45)6)46(50)41-24-25-47(49,42(43(41)48)23-22-38-16-10-7-11-17-38)52(39-18-12-8-13-19-39)40-20-14-9-15-21-40;/h7,10-11,16-17,22,28-31,39-40,43H,8-9,12-15,18-21,24-27H2,1-6H3;/q;+2. The Morgan fingerprint density at radius 2 is 1.15 bits per heavy atom. The average molecular weight is 855 g/mol. The number of benzene rings is 3. The summed E-state index contributed by atoms with van der Waals surface area (Å²) in [4.78, 5) is 5.22. The van der Waals surface area contributed by atoms with Gasteiger partial charge in [0, 0.05) is 30.0 Å². The van der Waals surface area contributed by atoms with E-state index in [1.54, 1.807) is 0 Å². The molecule has 0 N–H and O–H groups in total. The number of rotatable bonds is 6. The van der Waals surface area contributed by atoms with Crippen molar-refractivity contribution in [2.24, 2.45) is 0 Å². The van der Waals surface area contributed by atoms with E-state index in [0.29, 0.717) is 11.3 Å². The van der Waals surface area contributed by atoms with E-state index in [4.69, 9.17) is 23.2 Å². The van der Waals surface area contributed by atoms with E-state index >= 15 is 0 Å². The summed E-state index contributed by atoms with van der Waals surface area (Å²) in [5.74, 6) is 1.27. The van der Waals surface area contributed by atoms with Gasteiger partial charge in [0.05, 0.1) is 9.99 Å². The van der Waals surface area contributed by atoms with E-state index in [9.17, 15) is 0 Å². The number of alkyl halides is 2. The summed E-state index contributed by atoms with van der Waals surface area (Å²) < 4.78 is -0.458. The van der Waals surface area contributed by atoms with Crippen LogP contribution in [0.2, 0.25) is 0 Å².